The predicted octanol–water partition coefficient (Wildman–Crippen LogP) is 3.21. The summed E-state index contributed by atoms with van der Waals surface area (Å²) in [7, 11) is 0. The van der Waals surface area contributed by atoms with Gasteiger partial charge in [-0.2, -0.15) is 0 Å². The van der Waals surface area contributed by atoms with Gasteiger partial charge >= 0.3 is 0 Å². The summed E-state index contributed by atoms with van der Waals surface area (Å²) in [6, 6.07) is 11.7. The van der Waals surface area contributed by atoms with Crippen molar-refractivity contribution in [3.63, 3.8) is 0 Å². The van der Waals surface area contributed by atoms with Gasteiger partial charge in [-0.05, 0) is 42.7 Å². The topological polar surface area (TPSA) is 59.8 Å². The molecule has 0 fully saturated rings. The van der Waals surface area contributed by atoms with Crippen LogP contribution in [0.2, 0.25) is 0 Å². The second-order valence-corrected chi connectivity index (χ2v) is 5.66. The molecule has 0 unspecified atom stereocenters. The Labute approximate surface area is 141 Å². The van der Waals surface area contributed by atoms with E-state index in [-0.39, 0.29) is 5.91 Å². The minimum absolute atomic E-state index is 0.0154. The smallest absolute Gasteiger partial charge is 0.224 e. The van der Waals surface area contributed by atoms with Gasteiger partial charge in [0.1, 0.15) is 5.82 Å². The molecule has 5 heteroatoms. The summed E-state index contributed by atoms with van der Waals surface area (Å²) < 4.78 is 2.06. The van der Waals surface area contributed by atoms with Crippen LogP contribution in [0.4, 0.5) is 5.69 Å². The molecule has 0 bridgehead atoms. The Bertz CT molecular complexity index is 811. The van der Waals surface area contributed by atoms with Gasteiger partial charge in [0.05, 0.1) is 6.54 Å². The van der Waals surface area contributed by atoms with E-state index in [0.29, 0.717) is 19.4 Å². The van der Waals surface area contributed by atoms with Crippen LogP contribution < -0.4 is 5.32 Å². The van der Waals surface area contributed by atoms with Crippen LogP contribution >= 0.6 is 0 Å². The number of benzene rings is 1. The molecular weight excluding hydrogens is 300 g/mol. The first-order valence-electron chi connectivity index (χ1n) is 7.97. The molecule has 0 saturated heterocycles. The highest BCUT2D eigenvalue weighted by atomic mass is 16.1. The summed E-state index contributed by atoms with van der Waals surface area (Å²) in [6.07, 6.45) is 8.37. The van der Waals surface area contributed by atoms with E-state index >= 15 is 0 Å². The van der Waals surface area contributed by atoms with Crippen molar-refractivity contribution >= 4 is 11.6 Å². The van der Waals surface area contributed by atoms with Crippen LogP contribution in [-0.4, -0.2) is 20.4 Å². The number of rotatable bonds is 6. The first-order chi connectivity index (χ1) is 11.7. The van der Waals surface area contributed by atoms with Crippen LogP contribution in [0.15, 0.2) is 61.2 Å². The van der Waals surface area contributed by atoms with Crippen molar-refractivity contribution in [1.82, 2.24) is 14.5 Å². The molecule has 24 heavy (non-hydrogen) atoms. The van der Waals surface area contributed by atoms with E-state index < -0.39 is 0 Å². The van der Waals surface area contributed by atoms with Crippen LogP contribution in [0.3, 0.4) is 0 Å². The Morgan fingerprint density at radius 3 is 2.67 bits per heavy atom. The van der Waals surface area contributed by atoms with Gasteiger partial charge in [-0.25, -0.2) is 4.98 Å². The van der Waals surface area contributed by atoms with Crippen LogP contribution in [0, 0.1) is 6.92 Å². The zero-order chi connectivity index (χ0) is 16.8. The molecule has 0 aliphatic heterocycles. The van der Waals surface area contributed by atoms with Crippen LogP contribution in [0.1, 0.15) is 23.4 Å². The normalized spacial score (nSPS) is 10.5. The van der Waals surface area contributed by atoms with Gasteiger partial charge in [0, 0.05) is 36.9 Å². The lowest BCUT2D eigenvalue weighted by atomic mass is 10.1. The molecule has 0 saturated carbocycles. The van der Waals surface area contributed by atoms with E-state index in [9.17, 15) is 4.79 Å². The van der Waals surface area contributed by atoms with Gasteiger partial charge in [-0.3, -0.25) is 9.78 Å². The number of pyridine rings is 1. The number of hydrogen-bond acceptors (Lipinski definition) is 3. The molecule has 3 aromatic rings. The number of hydrogen-bond donors (Lipinski definition) is 1. The van der Waals surface area contributed by atoms with Crippen LogP contribution in [0.25, 0.3) is 0 Å². The second kappa shape index (κ2) is 7.55. The van der Waals surface area contributed by atoms with Crippen molar-refractivity contribution in [2.24, 2.45) is 0 Å². The van der Waals surface area contributed by atoms with Gasteiger partial charge < -0.3 is 9.88 Å². The molecule has 0 spiro atoms. The Morgan fingerprint density at radius 1 is 1.12 bits per heavy atom. The third kappa shape index (κ3) is 4.07. The molecule has 1 aromatic carbocycles. The first-order valence-corrected chi connectivity index (χ1v) is 7.97. The van der Waals surface area contributed by atoms with Gasteiger partial charge in [0.2, 0.25) is 5.91 Å². The second-order valence-electron chi connectivity index (χ2n) is 5.66. The largest absolute Gasteiger partial charge is 0.331 e. The number of nitrogens with zero attached hydrogens (tertiary/aromatic N) is 3. The monoisotopic (exact) mass is 320 g/mol. The molecule has 1 N–H and O–H groups in total. The van der Waals surface area contributed by atoms with E-state index in [1.54, 1.807) is 18.6 Å². The highest BCUT2D eigenvalue weighted by Crippen LogP contribution is 2.17. The van der Waals surface area contributed by atoms with Gasteiger partial charge in [0.15, 0.2) is 0 Å². The predicted molar refractivity (Wildman–Crippen MR) is 93.7 cm³/mol. The minimum Gasteiger partial charge on any atom is -0.331 e. The summed E-state index contributed by atoms with van der Waals surface area (Å²) >= 11 is 0. The number of anilines is 1. The number of nitrogens with one attached hydrogen (secondary N) is 1. The fourth-order valence-electron chi connectivity index (χ4n) is 2.55. The molecular formula is C19H20N4O. The third-order valence-corrected chi connectivity index (χ3v) is 3.95. The standard InChI is InChI=1S/C19H20N4O/c1-15-21-12-13-23(15)14-17-4-2-3-5-18(17)22-19(24)7-6-16-8-10-20-11-9-16/h2-5,8-13H,6-7,14H2,1H3,(H,22,24). The van der Waals surface area contributed by atoms with Crippen molar-refractivity contribution in [2.75, 3.05) is 5.32 Å². The van der Waals surface area contributed by atoms with E-state index in [4.69, 9.17) is 0 Å². The Balaban J connectivity index is 1.64. The maximum Gasteiger partial charge on any atom is 0.224 e. The molecule has 1 amide bonds. The molecule has 2 aromatic heterocycles. The Kier molecular flexibility index (Phi) is 5.01. The number of imidazole rings is 1. The first kappa shape index (κ1) is 15.9. The number of aryl methyl sites for hydroxylation is 2. The summed E-state index contributed by atoms with van der Waals surface area (Å²) in [5.74, 6) is 0.968. The summed E-state index contributed by atoms with van der Waals surface area (Å²) in [5.41, 5.74) is 3.03. The van der Waals surface area contributed by atoms with Crippen molar-refractivity contribution in [3.8, 4) is 0 Å². The maximum absolute atomic E-state index is 12.3. The zero-order valence-electron chi connectivity index (χ0n) is 13.6. The number of amides is 1. The third-order valence-electron chi connectivity index (χ3n) is 3.95. The number of aromatic nitrogens is 3. The number of carbonyl (C=O) groups excluding carboxylic acids is 1. The number of carbonyl (C=O) groups is 1. The molecule has 0 radical (unpaired) electrons. The fraction of sp³-hybridized carbons (Fsp3) is 0.211. The Morgan fingerprint density at radius 2 is 1.92 bits per heavy atom. The quantitative estimate of drug-likeness (QED) is 0.758. The van der Waals surface area contributed by atoms with Gasteiger partial charge in [0.25, 0.3) is 0 Å². The molecule has 3 rings (SSSR count). The van der Waals surface area contributed by atoms with Gasteiger partial charge in [-0.1, -0.05) is 18.2 Å². The summed E-state index contributed by atoms with van der Waals surface area (Å²) in [6.45, 7) is 2.66. The average molecular weight is 320 g/mol. The average Bonchev–Trinajstić information content (AvgIpc) is 3.01. The van der Waals surface area contributed by atoms with E-state index in [1.165, 1.54) is 0 Å². The SMILES string of the molecule is Cc1nccn1Cc1ccccc1NC(=O)CCc1ccncc1. The van der Waals surface area contributed by atoms with Crippen LogP contribution in [-0.2, 0) is 17.8 Å². The maximum atomic E-state index is 12.3. The highest BCUT2D eigenvalue weighted by molar-refractivity contribution is 5.91. The zero-order valence-corrected chi connectivity index (χ0v) is 13.6. The lowest BCUT2D eigenvalue weighted by Gasteiger charge is -2.12. The Hall–Kier alpha value is -2.95. The molecule has 5 nitrogen and oxygen atoms in total. The van der Waals surface area contributed by atoms with Crippen molar-refractivity contribution < 1.29 is 4.79 Å². The summed E-state index contributed by atoms with van der Waals surface area (Å²) in [5, 5.41) is 3.02. The van der Waals surface area contributed by atoms with Gasteiger partial charge in [-0.15, -0.1) is 0 Å². The molecule has 0 aliphatic carbocycles. The number of para-hydroxylation sites is 1. The van der Waals surface area contributed by atoms with Crippen molar-refractivity contribution in [3.05, 3.63) is 78.1 Å². The lowest BCUT2D eigenvalue weighted by molar-refractivity contribution is -0.116. The van der Waals surface area contributed by atoms with E-state index in [1.807, 2.05) is 49.5 Å². The lowest BCUT2D eigenvalue weighted by Crippen LogP contribution is -2.14. The fourth-order valence-corrected chi connectivity index (χ4v) is 2.55. The van der Waals surface area contributed by atoms with E-state index in [0.717, 1.165) is 22.6 Å². The van der Waals surface area contributed by atoms with Crippen molar-refractivity contribution in [2.45, 2.75) is 26.3 Å². The summed E-state index contributed by atoms with van der Waals surface area (Å²) in [4.78, 5) is 20.5. The minimum atomic E-state index is 0.0154. The molecule has 122 valence electrons. The molecule has 2 heterocycles. The van der Waals surface area contributed by atoms with Crippen molar-refractivity contribution in [1.29, 1.82) is 0 Å². The highest BCUT2D eigenvalue weighted by Gasteiger charge is 2.08. The molecule has 0 aliphatic rings. The van der Waals surface area contributed by atoms with E-state index in [2.05, 4.69) is 19.9 Å². The molecule has 0 atom stereocenters. The van der Waals surface area contributed by atoms with Crippen LogP contribution in [0.5, 0.6) is 0 Å².